The third kappa shape index (κ3) is 3.77. The number of methoxy groups -OCH3 is 1. The van der Waals surface area contributed by atoms with Crippen LogP contribution < -0.4 is 10.1 Å². The van der Waals surface area contributed by atoms with E-state index in [2.05, 4.69) is 10.5 Å². The summed E-state index contributed by atoms with van der Waals surface area (Å²) in [6, 6.07) is 9.26. The molecule has 5 nitrogen and oxygen atoms in total. The van der Waals surface area contributed by atoms with Crippen molar-refractivity contribution in [2.24, 2.45) is 0 Å². The van der Waals surface area contributed by atoms with E-state index in [9.17, 15) is 4.79 Å². The molecule has 0 saturated carbocycles. The van der Waals surface area contributed by atoms with Crippen LogP contribution in [0.3, 0.4) is 0 Å². The van der Waals surface area contributed by atoms with E-state index in [0.717, 1.165) is 16.3 Å². The van der Waals surface area contributed by atoms with Crippen molar-refractivity contribution < 1.29 is 14.1 Å². The average molecular weight is 292 g/mol. The predicted octanol–water partition coefficient (Wildman–Crippen LogP) is 3.11. The molecule has 1 aromatic carbocycles. The van der Waals surface area contributed by atoms with E-state index in [1.807, 2.05) is 31.2 Å². The van der Waals surface area contributed by atoms with Crippen molar-refractivity contribution in [1.29, 1.82) is 0 Å². The number of carbonyl (C=O) groups excluding carboxylic acids is 1. The molecule has 0 aliphatic heterocycles. The summed E-state index contributed by atoms with van der Waals surface area (Å²) >= 11 is 1.47. The minimum atomic E-state index is -0.242. The highest BCUT2D eigenvalue weighted by Crippen LogP contribution is 2.26. The first-order chi connectivity index (χ1) is 9.58. The minimum absolute atomic E-state index is 0.123. The quantitative estimate of drug-likeness (QED) is 0.858. The molecule has 0 fully saturated rings. The fourth-order valence-corrected chi connectivity index (χ4v) is 2.42. The van der Waals surface area contributed by atoms with E-state index < -0.39 is 0 Å². The van der Waals surface area contributed by atoms with Crippen molar-refractivity contribution in [3.05, 3.63) is 36.0 Å². The summed E-state index contributed by atoms with van der Waals surface area (Å²) in [5.41, 5.74) is 0.732. The number of hydrogen-bond acceptors (Lipinski definition) is 5. The number of amides is 1. The Morgan fingerprint density at radius 2 is 2.10 bits per heavy atom. The van der Waals surface area contributed by atoms with Crippen molar-refractivity contribution in [1.82, 2.24) is 5.16 Å². The Morgan fingerprint density at radius 1 is 1.40 bits per heavy atom. The molecular formula is C14H16N2O3S. The van der Waals surface area contributed by atoms with E-state index in [0.29, 0.717) is 5.88 Å². The maximum absolute atomic E-state index is 12.0. The zero-order chi connectivity index (χ0) is 14.5. The Bertz CT molecular complexity index is 580. The molecule has 1 heterocycles. The third-order valence-corrected chi connectivity index (χ3v) is 3.73. The Balaban J connectivity index is 1.92. The van der Waals surface area contributed by atoms with E-state index in [1.54, 1.807) is 20.1 Å². The molecule has 0 aliphatic rings. The van der Waals surface area contributed by atoms with Crippen molar-refractivity contribution >= 4 is 23.6 Å². The molecule has 20 heavy (non-hydrogen) atoms. The van der Waals surface area contributed by atoms with Crippen molar-refractivity contribution in [2.75, 3.05) is 12.4 Å². The van der Waals surface area contributed by atoms with Crippen LogP contribution in [0.4, 0.5) is 5.88 Å². The number of aromatic nitrogens is 1. The second-order valence-electron chi connectivity index (χ2n) is 4.26. The molecule has 1 N–H and O–H groups in total. The molecule has 1 amide bonds. The third-order valence-electron chi connectivity index (χ3n) is 2.62. The SMILES string of the molecule is COc1ccc(S[C@H](C)C(=O)Nc2cc(C)no2)cc1. The van der Waals surface area contributed by atoms with Crippen LogP contribution >= 0.6 is 11.8 Å². The average Bonchev–Trinajstić information content (AvgIpc) is 2.85. The fourth-order valence-electron chi connectivity index (χ4n) is 1.56. The molecule has 1 aromatic heterocycles. The van der Waals surface area contributed by atoms with Crippen molar-refractivity contribution in [3.8, 4) is 5.75 Å². The normalized spacial score (nSPS) is 11.9. The molecule has 2 rings (SSSR count). The fraction of sp³-hybridized carbons (Fsp3) is 0.286. The number of nitrogens with zero attached hydrogens (tertiary/aromatic N) is 1. The van der Waals surface area contributed by atoms with Gasteiger partial charge in [0.25, 0.3) is 0 Å². The van der Waals surface area contributed by atoms with Crippen molar-refractivity contribution in [3.63, 3.8) is 0 Å². The van der Waals surface area contributed by atoms with Crippen LogP contribution in [0, 0.1) is 6.92 Å². The summed E-state index contributed by atoms with van der Waals surface area (Å²) < 4.78 is 10.1. The molecule has 0 spiro atoms. The molecule has 6 heteroatoms. The van der Waals surface area contributed by atoms with Gasteiger partial charge in [0.15, 0.2) is 0 Å². The molecule has 0 unspecified atom stereocenters. The van der Waals surface area contributed by atoms with Gasteiger partial charge in [0, 0.05) is 11.0 Å². The van der Waals surface area contributed by atoms with Crippen LogP contribution in [0.15, 0.2) is 39.8 Å². The number of thioether (sulfide) groups is 1. The lowest BCUT2D eigenvalue weighted by Gasteiger charge is -2.10. The summed E-state index contributed by atoms with van der Waals surface area (Å²) in [7, 11) is 1.62. The number of aryl methyl sites for hydroxylation is 1. The zero-order valence-corrected chi connectivity index (χ0v) is 12.4. The first kappa shape index (κ1) is 14.5. The number of benzene rings is 1. The largest absolute Gasteiger partial charge is 0.497 e. The standard InChI is InChI=1S/C14H16N2O3S/c1-9-8-13(19-16-9)15-14(17)10(2)20-12-6-4-11(18-3)5-7-12/h4-8,10H,1-3H3,(H,15,17)/t10-/m1/s1. The van der Waals surface area contributed by atoms with Crippen LogP contribution in [-0.2, 0) is 4.79 Å². The zero-order valence-electron chi connectivity index (χ0n) is 11.5. The summed E-state index contributed by atoms with van der Waals surface area (Å²) in [4.78, 5) is 13.0. The van der Waals surface area contributed by atoms with Gasteiger partial charge in [-0.05, 0) is 38.1 Å². The van der Waals surface area contributed by atoms with Crippen LogP contribution in [-0.4, -0.2) is 23.4 Å². The molecule has 0 aliphatic carbocycles. The van der Waals surface area contributed by atoms with Gasteiger partial charge >= 0.3 is 0 Å². The molecule has 0 saturated heterocycles. The predicted molar refractivity (Wildman–Crippen MR) is 78.2 cm³/mol. The molecule has 1 atom stereocenters. The van der Waals surface area contributed by atoms with E-state index in [1.165, 1.54) is 11.8 Å². The lowest BCUT2D eigenvalue weighted by atomic mass is 10.3. The number of anilines is 1. The second-order valence-corrected chi connectivity index (χ2v) is 5.67. The Morgan fingerprint density at radius 3 is 2.65 bits per heavy atom. The van der Waals surface area contributed by atoms with Crippen LogP contribution in [0.25, 0.3) is 0 Å². The molecular weight excluding hydrogens is 276 g/mol. The number of nitrogens with one attached hydrogen (secondary N) is 1. The first-order valence-corrected chi connectivity index (χ1v) is 7.01. The summed E-state index contributed by atoms with van der Waals surface area (Å²) in [5.74, 6) is 1.04. The van der Waals surface area contributed by atoms with Gasteiger partial charge < -0.3 is 9.26 Å². The maximum atomic E-state index is 12.0. The lowest BCUT2D eigenvalue weighted by molar-refractivity contribution is -0.115. The van der Waals surface area contributed by atoms with Gasteiger partial charge in [-0.2, -0.15) is 0 Å². The number of carbonyl (C=O) groups is 1. The van der Waals surface area contributed by atoms with E-state index in [4.69, 9.17) is 9.26 Å². The minimum Gasteiger partial charge on any atom is -0.497 e. The summed E-state index contributed by atoms with van der Waals surface area (Å²) in [6.07, 6.45) is 0. The van der Waals surface area contributed by atoms with Crippen LogP contribution in [0.2, 0.25) is 0 Å². The first-order valence-electron chi connectivity index (χ1n) is 6.13. The Hall–Kier alpha value is -1.95. The Kier molecular flexibility index (Phi) is 4.68. The van der Waals surface area contributed by atoms with E-state index in [-0.39, 0.29) is 11.2 Å². The van der Waals surface area contributed by atoms with Crippen LogP contribution in [0.5, 0.6) is 5.75 Å². The van der Waals surface area contributed by atoms with Crippen LogP contribution in [0.1, 0.15) is 12.6 Å². The van der Waals surface area contributed by atoms with Gasteiger partial charge in [-0.3, -0.25) is 10.1 Å². The molecule has 0 radical (unpaired) electrons. The Labute approximate surface area is 121 Å². The monoisotopic (exact) mass is 292 g/mol. The number of hydrogen-bond donors (Lipinski definition) is 1. The molecule has 106 valence electrons. The van der Waals surface area contributed by atoms with Gasteiger partial charge in [0.1, 0.15) is 5.75 Å². The highest BCUT2D eigenvalue weighted by molar-refractivity contribution is 8.00. The van der Waals surface area contributed by atoms with E-state index >= 15 is 0 Å². The molecule has 0 bridgehead atoms. The van der Waals surface area contributed by atoms with Gasteiger partial charge in [-0.1, -0.05) is 5.16 Å². The summed E-state index contributed by atoms with van der Waals surface area (Å²) in [6.45, 7) is 3.64. The van der Waals surface area contributed by atoms with Gasteiger partial charge in [-0.15, -0.1) is 11.8 Å². The van der Waals surface area contributed by atoms with Gasteiger partial charge in [-0.25, -0.2) is 0 Å². The smallest absolute Gasteiger partial charge is 0.239 e. The number of ether oxygens (including phenoxy) is 1. The summed E-state index contributed by atoms with van der Waals surface area (Å²) in [5, 5.41) is 6.17. The topological polar surface area (TPSA) is 64.4 Å². The highest BCUT2D eigenvalue weighted by Gasteiger charge is 2.16. The van der Waals surface area contributed by atoms with Gasteiger partial charge in [0.2, 0.25) is 11.8 Å². The number of rotatable bonds is 5. The second kappa shape index (κ2) is 6.47. The van der Waals surface area contributed by atoms with Crippen molar-refractivity contribution in [2.45, 2.75) is 24.0 Å². The highest BCUT2D eigenvalue weighted by atomic mass is 32.2. The van der Waals surface area contributed by atoms with Gasteiger partial charge in [0.05, 0.1) is 18.1 Å². The molecule has 2 aromatic rings. The lowest BCUT2D eigenvalue weighted by Crippen LogP contribution is -2.22. The maximum Gasteiger partial charge on any atom is 0.239 e.